The first kappa shape index (κ1) is 17.1. The highest BCUT2D eigenvalue weighted by atomic mass is 19.1. The molecule has 0 radical (unpaired) electrons. The average Bonchev–Trinajstić information content (AvgIpc) is 2.69. The van der Waals surface area contributed by atoms with E-state index in [0.29, 0.717) is 27.9 Å². The number of aryl methyl sites for hydroxylation is 1. The molecule has 3 aromatic rings. The van der Waals surface area contributed by atoms with Crippen molar-refractivity contribution in [2.45, 2.75) is 6.92 Å². The van der Waals surface area contributed by atoms with Crippen molar-refractivity contribution in [3.05, 3.63) is 77.6 Å². The van der Waals surface area contributed by atoms with Crippen molar-refractivity contribution in [3.8, 4) is 17.2 Å². The molecule has 0 amide bonds. The molecule has 0 aliphatic heterocycles. The lowest BCUT2D eigenvalue weighted by Crippen LogP contribution is -2.01. The van der Waals surface area contributed by atoms with Gasteiger partial charge in [0.25, 0.3) is 0 Å². The number of aliphatic imine (C=N–C) groups is 2. The Morgan fingerprint density at radius 1 is 1.15 bits per heavy atom. The topological polar surface area (TPSA) is 74.3 Å². The fourth-order valence-corrected chi connectivity index (χ4v) is 2.44. The molecule has 0 unspecified atom stereocenters. The number of aromatic nitrogens is 2. The van der Waals surface area contributed by atoms with Crippen LogP contribution in [-0.4, -0.2) is 22.5 Å². The molecule has 6 heteroatoms. The fourth-order valence-electron chi connectivity index (χ4n) is 2.44. The third kappa shape index (κ3) is 3.37. The van der Waals surface area contributed by atoms with E-state index in [-0.39, 0.29) is 11.5 Å². The Bertz CT molecular complexity index is 1020. The molecule has 0 aliphatic rings. The summed E-state index contributed by atoms with van der Waals surface area (Å²) in [5.74, 6) is -0.281. The summed E-state index contributed by atoms with van der Waals surface area (Å²) < 4.78 is 15.1. The van der Waals surface area contributed by atoms with Crippen LogP contribution < -0.4 is 0 Å². The van der Waals surface area contributed by atoms with Crippen molar-refractivity contribution >= 4 is 18.2 Å². The molecule has 1 heterocycles. The van der Waals surface area contributed by atoms with Crippen molar-refractivity contribution in [1.82, 2.24) is 9.97 Å². The number of nitriles is 1. The molecule has 0 fully saturated rings. The van der Waals surface area contributed by atoms with Gasteiger partial charge in [0.05, 0.1) is 17.8 Å². The van der Waals surface area contributed by atoms with Gasteiger partial charge in [0.15, 0.2) is 11.7 Å². The van der Waals surface area contributed by atoms with Crippen LogP contribution in [0.5, 0.6) is 0 Å². The normalized spacial score (nSPS) is 11.0. The fraction of sp³-hybridized carbons (Fsp3) is 0.0500. The van der Waals surface area contributed by atoms with Crippen LogP contribution in [0.25, 0.3) is 11.1 Å². The average molecular weight is 343 g/mol. The highest BCUT2D eigenvalue weighted by Gasteiger charge is 2.14. The molecule has 5 nitrogen and oxygen atoms in total. The summed E-state index contributed by atoms with van der Waals surface area (Å²) in [6, 6.07) is 12.2. The lowest BCUT2D eigenvalue weighted by Gasteiger charge is -2.09. The van der Waals surface area contributed by atoms with Crippen molar-refractivity contribution < 1.29 is 4.39 Å². The summed E-state index contributed by atoms with van der Waals surface area (Å²) in [5, 5.41) is 8.90. The molecule has 126 valence electrons. The lowest BCUT2D eigenvalue weighted by atomic mass is 10.0. The van der Waals surface area contributed by atoms with Gasteiger partial charge in [0.2, 0.25) is 0 Å². The van der Waals surface area contributed by atoms with Crippen LogP contribution in [-0.2, 0) is 0 Å². The number of hydrogen-bond acceptors (Lipinski definition) is 4. The van der Waals surface area contributed by atoms with Crippen LogP contribution in [0.3, 0.4) is 0 Å². The third-order valence-electron chi connectivity index (χ3n) is 3.80. The van der Waals surface area contributed by atoms with E-state index in [2.05, 4.69) is 26.7 Å². The second-order valence-electron chi connectivity index (χ2n) is 5.47. The monoisotopic (exact) mass is 343 g/mol. The maximum atomic E-state index is 15.1. The molecule has 0 bridgehead atoms. The minimum atomic E-state index is -0.472. The first-order chi connectivity index (χ1) is 12.6. The summed E-state index contributed by atoms with van der Waals surface area (Å²) >= 11 is 0. The van der Waals surface area contributed by atoms with E-state index in [4.69, 9.17) is 5.26 Å². The minimum absolute atomic E-state index is 0.167. The summed E-state index contributed by atoms with van der Waals surface area (Å²) in [6.07, 6.45) is 4.53. The molecule has 26 heavy (non-hydrogen) atoms. The summed E-state index contributed by atoms with van der Waals surface area (Å²) in [7, 11) is 0. The van der Waals surface area contributed by atoms with E-state index in [9.17, 15) is 0 Å². The van der Waals surface area contributed by atoms with Crippen molar-refractivity contribution in [1.29, 1.82) is 5.26 Å². The Morgan fingerprint density at radius 2 is 1.92 bits per heavy atom. The maximum absolute atomic E-state index is 15.1. The van der Waals surface area contributed by atoms with Crippen molar-refractivity contribution in [3.63, 3.8) is 0 Å². The second-order valence-corrected chi connectivity index (χ2v) is 5.47. The van der Waals surface area contributed by atoms with E-state index < -0.39 is 5.82 Å². The maximum Gasteiger partial charge on any atom is 0.179 e. The van der Waals surface area contributed by atoms with Crippen LogP contribution in [0.2, 0.25) is 0 Å². The first-order valence-corrected chi connectivity index (χ1v) is 7.75. The Kier molecular flexibility index (Phi) is 4.90. The SMILES string of the molecule is C=NC(=Nc1c(C)ccc(-c2ccc(C#N)cc2)c1F)c1cnccn1. The standard InChI is InChI=1S/C20H14FN5/c1-13-3-8-16(15-6-4-14(11-22)5-7-15)18(21)19(13)26-20(23-2)17-12-24-9-10-25-17/h3-10,12H,2H2,1H3. The van der Waals surface area contributed by atoms with Gasteiger partial charge in [-0.25, -0.2) is 19.4 Å². The predicted molar refractivity (Wildman–Crippen MR) is 99.1 cm³/mol. The zero-order chi connectivity index (χ0) is 18.5. The molecule has 0 spiro atoms. The van der Waals surface area contributed by atoms with E-state index in [1.807, 2.05) is 6.07 Å². The molecular formula is C20H14FN5. The van der Waals surface area contributed by atoms with Gasteiger partial charge in [-0.05, 0) is 36.9 Å². The zero-order valence-electron chi connectivity index (χ0n) is 14.0. The lowest BCUT2D eigenvalue weighted by molar-refractivity contribution is 0.632. The first-order valence-electron chi connectivity index (χ1n) is 7.75. The second kappa shape index (κ2) is 7.45. The van der Waals surface area contributed by atoms with Gasteiger partial charge in [-0.15, -0.1) is 0 Å². The molecule has 0 saturated heterocycles. The van der Waals surface area contributed by atoms with Crippen LogP contribution >= 0.6 is 0 Å². The summed E-state index contributed by atoms with van der Waals surface area (Å²) in [6.45, 7) is 5.26. The highest BCUT2D eigenvalue weighted by Crippen LogP contribution is 2.32. The van der Waals surface area contributed by atoms with Gasteiger partial charge >= 0.3 is 0 Å². The van der Waals surface area contributed by atoms with Gasteiger partial charge in [0.1, 0.15) is 11.4 Å². The summed E-state index contributed by atoms with van der Waals surface area (Å²) in [5.41, 5.74) is 2.79. The smallest absolute Gasteiger partial charge is 0.179 e. The zero-order valence-corrected chi connectivity index (χ0v) is 14.0. The van der Waals surface area contributed by atoms with Crippen molar-refractivity contribution in [2.75, 3.05) is 0 Å². The Morgan fingerprint density at radius 3 is 2.54 bits per heavy atom. The number of benzene rings is 2. The molecule has 3 rings (SSSR count). The van der Waals surface area contributed by atoms with Crippen molar-refractivity contribution in [2.24, 2.45) is 9.98 Å². The van der Waals surface area contributed by atoms with E-state index in [0.717, 1.165) is 0 Å². The number of nitrogens with zero attached hydrogens (tertiary/aromatic N) is 5. The van der Waals surface area contributed by atoms with Gasteiger partial charge in [-0.1, -0.05) is 24.3 Å². The number of hydrogen-bond donors (Lipinski definition) is 0. The molecule has 0 aliphatic carbocycles. The number of halogens is 1. The third-order valence-corrected chi connectivity index (χ3v) is 3.80. The quantitative estimate of drug-likeness (QED) is 0.527. The van der Waals surface area contributed by atoms with Gasteiger partial charge in [0, 0.05) is 18.0 Å². The van der Waals surface area contributed by atoms with E-state index in [1.165, 1.54) is 18.6 Å². The van der Waals surface area contributed by atoms with Gasteiger partial charge < -0.3 is 0 Å². The Labute approximate surface area is 150 Å². The molecular weight excluding hydrogens is 329 g/mol. The molecule has 0 saturated carbocycles. The predicted octanol–water partition coefficient (Wildman–Crippen LogP) is 4.24. The van der Waals surface area contributed by atoms with Gasteiger partial charge in [-0.3, -0.25) is 4.98 Å². The van der Waals surface area contributed by atoms with Gasteiger partial charge in [-0.2, -0.15) is 5.26 Å². The largest absolute Gasteiger partial charge is 0.261 e. The van der Waals surface area contributed by atoms with Crippen LogP contribution in [0, 0.1) is 24.1 Å². The van der Waals surface area contributed by atoms with Crippen LogP contribution in [0.1, 0.15) is 16.8 Å². The van der Waals surface area contributed by atoms with Crippen LogP contribution in [0.4, 0.5) is 10.1 Å². The highest BCUT2D eigenvalue weighted by molar-refractivity contribution is 6.01. The summed E-state index contributed by atoms with van der Waals surface area (Å²) in [4.78, 5) is 16.3. The van der Waals surface area contributed by atoms with E-state index >= 15 is 4.39 Å². The minimum Gasteiger partial charge on any atom is -0.261 e. The molecule has 2 aromatic carbocycles. The van der Waals surface area contributed by atoms with Crippen LogP contribution in [0.15, 0.2) is 65.0 Å². The Balaban J connectivity index is 2.12. The number of rotatable bonds is 3. The molecule has 1 aromatic heterocycles. The molecule has 0 atom stereocenters. The number of amidine groups is 1. The Hall–Kier alpha value is -3.72. The molecule has 0 N–H and O–H groups in total. The van der Waals surface area contributed by atoms with E-state index in [1.54, 1.807) is 43.3 Å².